The molecule has 0 radical (unpaired) electrons. The number of pyridine rings is 1. The number of rotatable bonds is 3. The first-order valence-electron chi connectivity index (χ1n) is 6.42. The van der Waals surface area contributed by atoms with Crippen molar-refractivity contribution >= 4 is 0 Å². The molecule has 2 aliphatic rings. The molecule has 2 fully saturated rings. The van der Waals surface area contributed by atoms with Crippen LogP contribution in [-0.4, -0.2) is 23.0 Å². The second kappa shape index (κ2) is 4.17. The molecule has 2 bridgehead atoms. The van der Waals surface area contributed by atoms with Gasteiger partial charge in [-0.15, -0.1) is 0 Å². The zero-order valence-corrected chi connectivity index (χ0v) is 9.97. The van der Waals surface area contributed by atoms with Crippen molar-refractivity contribution in [2.24, 2.45) is 11.8 Å². The molecule has 0 saturated heterocycles. The summed E-state index contributed by atoms with van der Waals surface area (Å²) in [5, 5.41) is 0. The molecule has 3 rings (SSSR count). The van der Waals surface area contributed by atoms with Crippen LogP contribution in [0.1, 0.15) is 31.2 Å². The van der Waals surface area contributed by atoms with Crippen LogP contribution in [0.2, 0.25) is 0 Å². The minimum absolute atomic E-state index is 0.832. The molecule has 0 spiro atoms. The van der Waals surface area contributed by atoms with E-state index in [1.807, 2.05) is 18.5 Å². The fourth-order valence-corrected chi connectivity index (χ4v) is 3.65. The lowest BCUT2D eigenvalue weighted by atomic mass is 9.94. The maximum atomic E-state index is 4.19. The van der Waals surface area contributed by atoms with E-state index in [1.165, 1.54) is 31.2 Å². The normalized spacial score (nSPS) is 32.5. The molecule has 0 unspecified atom stereocenters. The number of hydrogen-bond acceptors (Lipinski definition) is 2. The van der Waals surface area contributed by atoms with Gasteiger partial charge < -0.3 is 0 Å². The molecule has 3 atom stereocenters. The van der Waals surface area contributed by atoms with Crippen molar-refractivity contribution in [2.45, 2.75) is 38.3 Å². The lowest BCUT2D eigenvalue weighted by Crippen LogP contribution is -2.35. The monoisotopic (exact) mass is 216 g/mol. The fourth-order valence-electron chi connectivity index (χ4n) is 3.65. The van der Waals surface area contributed by atoms with Crippen molar-refractivity contribution in [1.29, 1.82) is 0 Å². The Hall–Kier alpha value is -0.890. The van der Waals surface area contributed by atoms with Crippen LogP contribution in [-0.2, 0) is 6.54 Å². The first-order valence-corrected chi connectivity index (χ1v) is 6.42. The Bertz CT molecular complexity index is 349. The maximum Gasteiger partial charge on any atom is 0.0312 e. The highest BCUT2D eigenvalue weighted by molar-refractivity contribution is 5.09. The van der Waals surface area contributed by atoms with E-state index in [4.69, 9.17) is 0 Å². The van der Waals surface area contributed by atoms with E-state index in [9.17, 15) is 0 Å². The highest BCUT2D eigenvalue weighted by Gasteiger charge is 2.41. The second-order valence-corrected chi connectivity index (χ2v) is 5.52. The minimum Gasteiger partial charge on any atom is -0.299 e. The van der Waals surface area contributed by atoms with E-state index in [2.05, 4.69) is 23.0 Å². The lowest BCUT2D eigenvalue weighted by molar-refractivity contribution is 0.169. The molecule has 2 aliphatic carbocycles. The molecule has 0 aliphatic heterocycles. The maximum absolute atomic E-state index is 4.19. The van der Waals surface area contributed by atoms with Crippen molar-refractivity contribution in [3.05, 3.63) is 30.1 Å². The van der Waals surface area contributed by atoms with Gasteiger partial charge in [-0.3, -0.25) is 9.88 Å². The molecular formula is C14H20N2. The molecule has 0 N–H and O–H groups in total. The number of hydrogen-bond donors (Lipinski definition) is 0. The first kappa shape index (κ1) is 10.3. The standard InChI is InChI=1S/C14H20N2/c1-16(10-12-3-2-6-15-9-12)14-8-11-4-5-13(14)7-11/h2-3,6,9,11,13-14H,4-5,7-8,10H2,1H3/t11-,13+,14+/m1/s1. The summed E-state index contributed by atoms with van der Waals surface area (Å²) >= 11 is 0. The van der Waals surface area contributed by atoms with Crippen molar-refractivity contribution in [1.82, 2.24) is 9.88 Å². The third kappa shape index (κ3) is 1.86. The Kier molecular flexibility index (Phi) is 2.68. The van der Waals surface area contributed by atoms with Crippen molar-refractivity contribution in [3.63, 3.8) is 0 Å². The minimum atomic E-state index is 0.832. The topological polar surface area (TPSA) is 16.1 Å². The number of nitrogens with zero attached hydrogens (tertiary/aromatic N) is 2. The predicted octanol–water partition coefficient (Wildman–Crippen LogP) is 2.70. The van der Waals surface area contributed by atoms with Gasteiger partial charge in [0.1, 0.15) is 0 Å². The summed E-state index contributed by atoms with van der Waals surface area (Å²) in [5.41, 5.74) is 1.34. The highest BCUT2D eigenvalue weighted by atomic mass is 15.1. The number of aromatic nitrogens is 1. The molecule has 86 valence electrons. The molecule has 16 heavy (non-hydrogen) atoms. The van der Waals surface area contributed by atoms with E-state index in [-0.39, 0.29) is 0 Å². The van der Waals surface area contributed by atoms with Gasteiger partial charge in [0.2, 0.25) is 0 Å². The molecule has 1 aromatic heterocycles. The number of fused-ring (bicyclic) bond motifs is 2. The third-order valence-corrected chi connectivity index (χ3v) is 4.42. The van der Waals surface area contributed by atoms with Gasteiger partial charge in [-0.05, 0) is 49.8 Å². The van der Waals surface area contributed by atoms with Crippen LogP contribution >= 0.6 is 0 Å². The highest BCUT2D eigenvalue weighted by Crippen LogP contribution is 2.46. The fraction of sp³-hybridized carbons (Fsp3) is 0.643. The van der Waals surface area contributed by atoms with Crippen LogP contribution in [0, 0.1) is 11.8 Å². The predicted molar refractivity (Wildman–Crippen MR) is 64.9 cm³/mol. The van der Waals surface area contributed by atoms with Crippen LogP contribution in [0.15, 0.2) is 24.5 Å². The zero-order chi connectivity index (χ0) is 11.0. The summed E-state index contributed by atoms with van der Waals surface area (Å²) < 4.78 is 0. The van der Waals surface area contributed by atoms with Gasteiger partial charge in [0.15, 0.2) is 0 Å². The van der Waals surface area contributed by atoms with Crippen LogP contribution in [0.25, 0.3) is 0 Å². The smallest absolute Gasteiger partial charge is 0.0312 e. The van der Waals surface area contributed by atoms with E-state index >= 15 is 0 Å². The molecule has 0 amide bonds. The third-order valence-electron chi connectivity index (χ3n) is 4.42. The average molecular weight is 216 g/mol. The van der Waals surface area contributed by atoms with Gasteiger partial charge >= 0.3 is 0 Å². The molecule has 0 aromatic carbocycles. The van der Waals surface area contributed by atoms with Crippen molar-refractivity contribution in [2.75, 3.05) is 7.05 Å². The van der Waals surface area contributed by atoms with Gasteiger partial charge in [0.25, 0.3) is 0 Å². The Labute approximate surface area is 97.7 Å². The lowest BCUT2D eigenvalue weighted by Gasteiger charge is -2.31. The van der Waals surface area contributed by atoms with Gasteiger partial charge in [-0.1, -0.05) is 12.5 Å². The average Bonchev–Trinajstić information content (AvgIpc) is 2.92. The van der Waals surface area contributed by atoms with E-state index in [0.717, 1.165) is 24.4 Å². The molecular weight excluding hydrogens is 196 g/mol. The quantitative estimate of drug-likeness (QED) is 0.772. The van der Waals surface area contributed by atoms with Crippen LogP contribution in [0.3, 0.4) is 0 Å². The molecule has 1 heterocycles. The second-order valence-electron chi connectivity index (χ2n) is 5.52. The van der Waals surface area contributed by atoms with Gasteiger partial charge in [-0.25, -0.2) is 0 Å². The zero-order valence-electron chi connectivity index (χ0n) is 9.97. The van der Waals surface area contributed by atoms with Crippen LogP contribution in [0.5, 0.6) is 0 Å². The molecule has 2 nitrogen and oxygen atoms in total. The summed E-state index contributed by atoms with van der Waals surface area (Å²) in [4.78, 5) is 6.73. The Morgan fingerprint density at radius 2 is 2.31 bits per heavy atom. The molecule has 1 aromatic rings. The largest absolute Gasteiger partial charge is 0.299 e. The van der Waals surface area contributed by atoms with E-state index < -0.39 is 0 Å². The first-order chi connectivity index (χ1) is 7.83. The Morgan fingerprint density at radius 3 is 2.94 bits per heavy atom. The summed E-state index contributed by atoms with van der Waals surface area (Å²) in [5.74, 6) is 2.01. The Balaban J connectivity index is 1.64. The SMILES string of the molecule is CN(Cc1cccnc1)[C@H]1C[C@@H]2CC[C@H]1C2. The van der Waals surface area contributed by atoms with Crippen molar-refractivity contribution in [3.8, 4) is 0 Å². The summed E-state index contributed by atoms with van der Waals surface area (Å²) in [6.07, 6.45) is 9.71. The summed E-state index contributed by atoms with van der Waals surface area (Å²) in [6, 6.07) is 5.04. The summed E-state index contributed by atoms with van der Waals surface area (Å²) in [6.45, 7) is 1.06. The van der Waals surface area contributed by atoms with Crippen LogP contribution in [0.4, 0.5) is 0 Å². The van der Waals surface area contributed by atoms with Gasteiger partial charge in [0.05, 0.1) is 0 Å². The molecule has 2 saturated carbocycles. The van der Waals surface area contributed by atoms with Crippen LogP contribution < -0.4 is 0 Å². The van der Waals surface area contributed by atoms with Gasteiger partial charge in [0, 0.05) is 25.0 Å². The molecule has 2 heteroatoms. The summed E-state index contributed by atoms with van der Waals surface area (Å²) in [7, 11) is 2.28. The van der Waals surface area contributed by atoms with Gasteiger partial charge in [-0.2, -0.15) is 0 Å². The Morgan fingerprint density at radius 1 is 1.38 bits per heavy atom. The van der Waals surface area contributed by atoms with E-state index in [1.54, 1.807) is 0 Å². The van der Waals surface area contributed by atoms with Crippen molar-refractivity contribution < 1.29 is 0 Å². The van der Waals surface area contributed by atoms with E-state index in [0.29, 0.717) is 0 Å².